The maximum absolute atomic E-state index is 11.9. The van der Waals surface area contributed by atoms with Gasteiger partial charge in [0.1, 0.15) is 4.90 Å². The molecule has 160 valence electrons. The summed E-state index contributed by atoms with van der Waals surface area (Å²) in [5.41, 5.74) is -0.214. The summed E-state index contributed by atoms with van der Waals surface area (Å²) in [6, 6.07) is 5.50. The molecule has 0 aromatic heterocycles. The molecule has 1 aliphatic heterocycles. The molecule has 1 fully saturated rings. The number of esters is 2. The molecule has 2 aromatic carbocycles. The van der Waals surface area contributed by atoms with Crippen LogP contribution in [0.25, 0.3) is 10.8 Å². The molecule has 0 aliphatic carbocycles. The summed E-state index contributed by atoms with van der Waals surface area (Å²) < 4.78 is 74.7. The lowest BCUT2D eigenvalue weighted by atomic mass is 10.1. The van der Waals surface area contributed by atoms with E-state index in [9.17, 15) is 35.5 Å². The van der Waals surface area contributed by atoms with Crippen LogP contribution < -0.4 is 5.32 Å². The third-order valence-corrected chi connectivity index (χ3v) is 5.69. The number of anilines is 1. The van der Waals surface area contributed by atoms with Crippen molar-refractivity contribution in [3.63, 3.8) is 0 Å². The lowest BCUT2D eigenvalue weighted by Crippen LogP contribution is -2.42. The number of cyclic esters (lactones) is 2. The summed E-state index contributed by atoms with van der Waals surface area (Å²) in [5.74, 6) is -3.26. The molecule has 0 unspecified atom stereocenters. The van der Waals surface area contributed by atoms with Gasteiger partial charge < -0.3 is 14.8 Å². The van der Waals surface area contributed by atoms with Gasteiger partial charge in [-0.1, -0.05) is 6.07 Å². The normalized spacial score (nSPS) is 16.7. The van der Waals surface area contributed by atoms with Crippen LogP contribution in [-0.2, 0) is 39.3 Å². The molecular formula is C17H15NO10S2. The second-order valence-electron chi connectivity index (χ2n) is 6.69. The van der Waals surface area contributed by atoms with Crippen molar-refractivity contribution in [1.82, 2.24) is 0 Å². The van der Waals surface area contributed by atoms with Crippen molar-refractivity contribution in [2.75, 3.05) is 5.32 Å². The Labute approximate surface area is 170 Å². The van der Waals surface area contributed by atoms with Gasteiger partial charge in [0, 0.05) is 31.1 Å². The molecule has 2 aromatic rings. The van der Waals surface area contributed by atoms with Crippen molar-refractivity contribution in [2.45, 2.75) is 29.4 Å². The van der Waals surface area contributed by atoms with Crippen molar-refractivity contribution >= 4 is 48.6 Å². The smallest absolute Gasteiger partial charge is 0.350 e. The van der Waals surface area contributed by atoms with Gasteiger partial charge in [-0.25, -0.2) is 9.59 Å². The molecule has 3 N–H and O–H groups in total. The molecule has 0 atom stereocenters. The zero-order valence-electron chi connectivity index (χ0n) is 15.4. The van der Waals surface area contributed by atoms with Crippen molar-refractivity contribution in [3.8, 4) is 0 Å². The number of nitrogens with one attached hydrogen (secondary N) is 1. The summed E-state index contributed by atoms with van der Waals surface area (Å²) in [6.07, 6.45) is 1.01. The highest BCUT2D eigenvalue weighted by Crippen LogP contribution is 2.30. The average molecular weight is 457 g/mol. The second kappa shape index (κ2) is 7.05. The minimum atomic E-state index is -4.81. The first-order valence-electron chi connectivity index (χ1n) is 8.13. The molecule has 1 aliphatic rings. The fourth-order valence-corrected chi connectivity index (χ4v) is 4.05. The number of carbonyl (C=O) groups excluding carboxylic acids is 2. The van der Waals surface area contributed by atoms with Crippen molar-refractivity contribution < 1.29 is 45.0 Å². The van der Waals surface area contributed by atoms with Crippen LogP contribution in [-0.4, -0.2) is 43.7 Å². The Balaban J connectivity index is 2.05. The van der Waals surface area contributed by atoms with Crippen LogP contribution in [0.1, 0.15) is 13.8 Å². The molecular weight excluding hydrogens is 442 g/mol. The number of benzene rings is 2. The van der Waals surface area contributed by atoms with Gasteiger partial charge >= 0.3 is 11.9 Å². The largest absolute Gasteiger partial charge is 0.419 e. The summed E-state index contributed by atoms with van der Waals surface area (Å²) in [4.78, 5) is 22.4. The van der Waals surface area contributed by atoms with E-state index in [4.69, 9.17) is 9.47 Å². The molecule has 0 spiro atoms. The van der Waals surface area contributed by atoms with Crippen LogP contribution >= 0.6 is 0 Å². The van der Waals surface area contributed by atoms with Crippen LogP contribution in [0, 0.1) is 0 Å². The van der Waals surface area contributed by atoms with Gasteiger partial charge in [-0.3, -0.25) is 9.11 Å². The van der Waals surface area contributed by atoms with Gasteiger partial charge in [0.2, 0.25) is 0 Å². The van der Waals surface area contributed by atoms with Gasteiger partial charge in [0.15, 0.2) is 5.57 Å². The molecule has 1 saturated heterocycles. The highest BCUT2D eigenvalue weighted by Gasteiger charge is 2.38. The van der Waals surface area contributed by atoms with E-state index in [-0.39, 0.29) is 16.5 Å². The first-order valence-corrected chi connectivity index (χ1v) is 11.0. The topological polar surface area (TPSA) is 173 Å². The Kier molecular flexibility index (Phi) is 5.10. The standard InChI is InChI=1S/C17H15NO10S2/c1-17(2)27-15(19)13(16(20)28-17)8-18-10-3-4-12-9(5-10)6-11(29(21,22)23)7-14(12)30(24,25)26/h3-8,18H,1-2H3,(H,21,22,23)(H,24,25,26). The highest BCUT2D eigenvalue weighted by atomic mass is 32.2. The quantitative estimate of drug-likeness (QED) is 0.262. The van der Waals surface area contributed by atoms with Crippen LogP contribution in [0.4, 0.5) is 5.69 Å². The zero-order chi connectivity index (χ0) is 22.5. The van der Waals surface area contributed by atoms with Gasteiger partial charge in [-0.2, -0.15) is 16.8 Å². The predicted octanol–water partition coefficient (Wildman–Crippen LogP) is 1.47. The number of carbonyl (C=O) groups is 2. The number of fused-ring (bicyclic) bond motifs is 1. The Morgan fingerprint density at radius 1 is 0.933 bits per heavy atom. The van der Waals surface area contributed by atoms with E-state index in [1.165, 1.54) is 32.0 Å². The Morgan fingerprint density at radius 3 is 2.07 bits per heavy atom. The van der Waals surface area contributed by atoms with Gasteiger partial charge in [-0.15, -0.1) is 0 Å². The molecule has 0 saturated carbocycles. The van der Waals surface area contributed by atoms with E-state index >= 15 is 0 Å². The Hall–Kier alpha value is -3.00. The fourth-order valence-electron chi connectivity index (χ4n) is 2.69. The van der Waals surface area contributed by atoms with Gasteiger partial charge in [-0.05, 0) is 29.7 Å². The van der Waals surface area contributed by atoms with Gasteiger partial charge in [0.25, 0.3) is 26.0 Å². The molecule has 30 heavy (non-hydrogen) atoms. The number of rotatable bonds is 4. The number of hydrogen-bond donors (Lipinski definition) is 3. The van der Waals surface area contributed by atoms with E-state index < -0.39 is 53.3 Å². The summed E-state index contributed by atoms with van der Waals surface area (Å²) >= 11 is 0. The lowest BCUT2D eigenvalue weighted by molar-refractivity contribution is -0.222. The summed E-state index contributed by atoms with van der Waals surface area (Å²) in [6.45, 7) is 2.77. The van der Waals surface area contributed by atoms with Crippen LogP contribution in [0.3, 0.4) is 0 Å². The number of hydrogen-bond acceptors (Lipinski definition) is 9. The average Bonchev–Trinajstić information content (AvgIpc) is 2.57. The summed E-state index contributed by atoms with van der Waals surface area (Å²) in [7, 11) is -9.59. The lowest BCUT2D eigenvalue weighted by Gasteiger charge is -2.29. The molecule has 3 rings (SSSR count). The third kappa shape index (κ3) is 4.43. The third-order valence-electron chi connectivity index (χ3n) is 3.96. The minimum absolute atomic E-state index is 0.0241. The molecule has 13 heteroatoms. The Bertz CT molecular complexity index is 1300. The predicted molar refractivity (Wildman–Crippen MR) is 102 cm³/mol. The van der Waals surface area contributed by atoms with E-state index in [1.807, 2.05) is 0 Å². The zero-order valence-corrected chi connectivity index (χ0v) is 17.1. The van der Waals surface area contributed by atoms with E-state index in [1.54, 1.807) is 0 Å². The number of ether oxygens (including phenoxy) is 2. The highest BCUT2D eigenvalue weighted by molar-refractivity contribution is 7.86. The van der Waals surface area contributed by atoms with Crippen molar-refractivity contribution in [1.29, 1.82) is 0 Å². The van der Waals surface area contributed by atoms with Crippen LogP contribution in [0.5, 0.6) is 0 Å². The molecule has 0 amide bonds. The summed E-state index contributed by atoms with van der Waals surface area (Å²) in [5, 5.41) is 2.62. The maximum Gasteiger partial charge on any atom is 0.350 e. The second-order valence-corrected chi connectivity index (χ2v) is 9.50. The van der Waals surface area contributed by atoms with Crippen molar-refractivity contribution in [3.05, 3.63) is 42.1 Å². The first-order chi connectivity index (χ1) is 13.7. The monoisotopic (exact) mass is 457 g/mol. The SMILES string of the molecule is CC1(C)OC(=O)C(=CNc2ccc3c(S(=O)(=O)O)cc(S(=O)(=O)O)cc3c2)C(=O)O1. The van der Waals surface area contributed by atoms with Crippen LogP contribution in [0.15, 0.2) is 51.9 Å². The Morgan fingerprint density at radius 2 is 1.53 bits per heavy atom. The minimum Gasteiger partial charge on any atom is -0.419 e. The van der Waals surface area contributed by atoms with Gasteiger partial charge in [0.05, 0.1) is 4.90 Å². The fraction of sp³-hybridized carbons (Fsp3) is 0.176. The molecule has 0 radical (unpaired) electrons. The van der Waals surface area contributed by atoms with Crippen molar-refractivity contribution in [2.24, 2.45) is 0 Å². The first kappa shape index (κ1) is 21.7. The van der Waals surface area contributed by atoms with Crippen LogP contribution in [0.2, 0.25) is 0 Å². The maximum atomic E-state index is 11.9. The van der Waals surface area contributed by atoms with E-state index in [0.717, 1.165) is 12.3 Å². The molecule has 1 heterocycles. The van der Waals surface area contributed by atoms with E-state index in [2.05, 4.69) is 5.32 Å². The van der Waals surface area contributed by atoms with E-state index in [0.29, 0.717) is 6.07 Å². The molecule has 0 bridgehead atoms. The molecule has 11 nitrogen and oxygen atoms in total.